The second-order valence-corrected chi connectivity index (χ2v) is 4.70. The SMILES string of the molecule is CCSc1cc(CC(=O)O)cc(C(=O)OC)c1. The van der Waals surface area contributed by atoms with Crippen molar-refractivity contribution in [2.45, 2.75) is 18.2 Å². The lowest BCUT2D eigenvalue weighted by Crippen LogP contribution is -2.05. The van der Waals surface area contributed by atoms with Crippen molar-refractivity contribution >= 4 is 23.7 Å². The molecule has 1 N–H and O–H groups in total. The molecule has 0 heterocycles. The Hall–Kier alpha value is -1.49. The number of benzene rings is 1. The zero-order valence-electron chi connectivity index (χ0n) is 9.73. The molecule has 92 valence electrons. The summed E-state index contributed by atoms with van der Waals surface area (Å²) in [4.78, 5) is 23.0. The smallest absolute Gasteiger partial charge is 0.337 e. The lowest BCUT2D eigenvalue weighted by molar-refractivity contribution is -0.136. The summed E-state index contributed by atoms with van der Waals surface area (Å²) in [5.74, 6) is -0.508. The number of aliphatic carboxylic acids is 1. The van der Waals surface area contributed by atoms with Crippen LogP contribution in [0, 0.1) is 0 Å². The van der Waals surface area contributed by atoms with Gasteiger partial charge in [0.1, 0.15) is 0 Å². The first-order valence-electron chi connectivity index (χ1n) is 5.13. The van der Waals surface area contributed by atoms with Crippen LogP contribution in [0.5, 0.6) is 0 Å². The van der Waals surface area contributed by atoms with Crippen molar-refractivity contribution < 1.29 is 19.4 Å². The highest BCUT2D eigenvalue weighted by atomic mass is 32.2. The van der Waals surface area contributed by atoms with Crippen LogP contribution >= 0.6 is 11.8 Å². The maximum Gasteiger partial charge on any atom is 0.337 e. The van der Waals surface area contributed by atoms with Crippen LogP contribution in [0.25, 0.3) is 0 Å². The van der Waals surface area contributed by atoms with Gasteiger partial charge in [-0.25, -0.2) is 4.79 Å². The number of carboxylic acids is 1. The molecule has 0 saturated carbocycles. The molecule has 0 aromatic heterocycles. The summed E-state index contributed by atoms with van der Waals surface area (Å²) in [6.45, 7) is 1.99. The molecule has 0 aliphatic rings. The van der Waals surface area contributed by atoms with E-state index < -0.39 is 11.9 Å². The van der Waals surface area contributed by atoms with Crippen molar-refractivity contribution in [2.24, 2.45) is 0 Å². The van der Waals surface area contributed by atoms with Crippen molar-refractivity contribution in [3.05, 3.63) is 29.3 Å². The van der Waals surface area contributed by atoms with Gasteiger partial charge in [0, 0.05) is 4.90 Å². The van der Waals surface area contributed by atoms with E-state index >= 15 is 0 Å². The molecule has 0 aliphatic heterocycles. The Bertz CT molecular complexity index is 429. The number of hydrogen-bond acceptors (Lipinski definition) is 4. The maximum absolute atomic E-state index is 11.4. The second kappa shape index (κ2) is 6.30. The molecule has 4 nitrogen and oxygen atoms in total. The number of carbonyl (C=O) groups is 2. The van der Waals surface area contributed by atoms with Crippen LogP contribution in [-0.4, -0.2) is 29.9 Å². The van der Waals surface area contributed by atoms with Crippen molar-refractivity contribution in [1.29, 1.82) is 0 Å². The van der Waals surface area contributed by atoms with E-state index in [0.717, 1.165) is 10.6 Å². The molecule has 5 heteroatoms. The van der Waals surface area contributed by atoms with Gasteiger partial charge < -0.3 is 9.84 Å². The summed E-state index contributed by atoms with van der Waals surface area (Å²) in [7, 11) is 1.30. The average molecular weight is 254 g/mol. The largest absolute Gasteiger partial charge is 0.481 e. The summed E-state index contributed by atoms with van der Waals surface area (Å²) >= 11 is 1.56. The molecule has 0 radical (unpaired) electrons. The van der Waals surface area contributed by atoms with Crippen LogP contribution in [0.3, 0.4) is 0 Å². The van der Waals surface area contributed by atoms with E-state index in [9.17, 15) is 9.59 Å². The number of carbonyl (C=O) groups excluding carboxylic acids is 1. The highest BCUT2D eigenvalue weighted by Crippen LogP contribution is 2.22. The average Bonchev–Trinajstić information content (AvgIpc) is 2.27. The Balaban J connectivity index is 3.08. The third-order valence-corrected chi connectivity index (χ3v) is 2.91. The Morgan fingerprint density at radius 2 is 2.06 bits per heavy atom. The van der Waals surface area contributed by atoms with Crippen LogP contribution in [-0.2, 0) is 16.0 Å². The van der Waals surface area contributed by atoms with Crippen molar-refractivity contribution in [1.82, 2.24) is 0 Å². The number of thioether (sulfide) groups is 1. The first-order valence-corrected chi connectivity index (χ1v) is 6.12. The Morgan fingerprint density at radius 3 is 2.59 bits per heavy atom. The molecule has 1 aromatic carbocycles. The molecular formula is C12H14O4S. The maximum atomic E-state index is 11.4. The van der Waals surface area contributed by atoms with E-state index in [4.69, 9.17) is 5.11 Å². The lowest BCUT2D eigenvalue weighted by atomic mass is 10.1. The third kappa shape index (κ3) is 4.11. The number of rotatable bonds is 5. The predicted molar refractivity (Wildman–Crippen MR) is 65.5 cm³/mol. The van der Waals surface area contributed by atoms with Crippen molar-refractivity contribution in [2.75, 3.05) is 12.9 Å². The van der Waals surface area contributed by atoms with Crippen molar-refractivity contribution in [3.8, 4) is 0 Å². The minimum Gasteiger partial charge on any atom is -0.481 e. The zero-order valence-corrected chi connectivity index (χ0v) is 10.5. The minimum atomic E-state index is -0.917. The fraction of sp³-hybridized carbons (Fsp3) is 0.333. The number of carboxylic acid groups (broad SMARTS) is 1. The van der Waals surface area contributed by atoms with Crippen LogP contribution in [0.2, 0.25) is 0 Å². The van der Waals surface area contributed by atoms with Crippen LogP contribution in [0.4, 0.5) is 0 Å². The molecule has 0 unspecified atom stereocenters. The number of esters is 1. The molecule has 0 spiro atoms. The van der Waals surface area contributed by atoms with Gasteiger partial charge in [0.05, 0.1) is 19.1 Å². The standard InChI is InChI=1S/C12H14O4S/c1-3-17-10-5-8(6-11(13)14)4-9(7-10)12(15)16-2/h4-5,7H,3,6H2,1-2H3,(H,13,14). The molecule has 0 fully saturated rings. The van der Waals surface area contributed by atoms with E-state index in [1.165, 1.54) is 7.11 Å². The van der Waals surface area contributed by atoms with E-state index in [-0.39, 0.29) is 6.42 Å². The third-order valence-electron chi connectivity index (χ3n) is 2.05. The molecule has 0 saturated heterocycles. The van der Waals surface area contributed by atoms with Gasteiger partial charge in [-0.2, -0.15) is 0 Å². The fourth-order valence-electron chi connectivity index (χ4n) is 1.42. The van der Waals surface area contributed by atoms with Gasteiger partial charge in [-0.3, -0.25) is 4.79 Å². The molecule has 1 rings (SSSR count). The van der Waals surface area contributed by atoms with Crippen LogP contribution < -0.4 is 0 Å². The van der Waals surface area contributed by atoms with Crippen LogP contribution in [0.15, 0.2) is 23.1 Å². The molecule has 0 atom stereocenters. The van der Waals surface area contributed by atoms with Gasteiger partial charge in [-0.1, -0.05) is 6.92 Å². The quantitative estimate of drug-likeness (QED) is 0.644. The van der Waals surface area contributed by atoms with Gasteiger partial charge in [-0.15, -0.1) is 11.8 Å². The van der Waals surface area contributed by atoms with Crippen molar-refractivity contribution in [3.63, 3.8) is 0 Å². The first-order chi connectivity index (χ1) is 8.06. The molecule has 0 amide bonds. The summed E-state index contributed by atoms with van der Waals surface area (Å²) < 4.78 is 4.63. The summed E-state index contributed by atoms with van der Waals surface area (Å²) in [5.41, 5.74) is 0.999. The number of ether oxygens (including phenoxy) is 1. The highest BCUT2D eigenvalue weighted by Gasteiger charge is 2.10. The molecule has 1 aromatic rings. The van der Waals surface area contributed by atoms with Crippen LogP contribution in [0.1, 0.15) is 22.8 Å². The van der Waals surface area contributed by atoms with E-state index in [2.05, 4.69) is 4.74 Å². The topological polar surface area (TPSA) is 63.6 Å². The fourth-order valence-corrected chi connectivity index (χ4v) is 2.20. The number of hydrogen-bond donors (Lipinski definition) is 1. The van der Waals surface area contributed by atoms with Gasteiger partial charge in [0.15, 0.2) is 0 Å². The molecule has 17 heavy (non-hydrogen) atoms. The molecule has 0 aliphatic carbocycles. The normalized spacial score (nSPS) is 10.0. The first kappa shape index (κ1) is 13.6. The monoisotopic (exact) mass is 254 g/mol. The predicted octanol–water partition coefficient (Wildman–Crippen LogP) is 2.21. The summed E-state index contributed by atoms with van der Waals surface area (Å²) in [5, 5.41) is 8.75. The van der Waals surface area contributed by atoms with E-state index in [0.29, 0.717) is 11.1 Å². The Morgan fingerprint density at radius 1 is 1.35 bits per heavy atom. The molecule has 0 bridgehead atoms. The summed E-state index contributed by atoms with van der Waals surface area (Å²) in [6.07, 6.45) is -0.0951. The minimum absolute atomic E-state index is 0.0951. The van der Waals surface area contributed by atoms with Gasteiger partial charge in [0.2, 0.25) is 0 Å². The zero-order chi connectivity index (χ0) is 12.8. The van der Waals surface area contributed by atoms with Gasteiger partial charge in [0.25, 0.3) is 0 Å². The second-order valence-electron chi connectivity index (χ2n) is 3.36. The highest BCUT2D eigenvalue weighted by molar-refractivity contribution is 7.99. The van der Waals surface area contributed by atoms with Gasteiger partial charge >= 0.3 is 11.9 Å². The summed E-state index contributed by atoms with van der Waals surface area (Å²) in [6, 6.07) is 5.06. The van der Waals surface area contributed by atoms with E-state index in [1.54, 1.807) is 30.0 Å². The van der Waals surface area contributed by atoms with E-state index in [1.807, 2.05) is 6.92 Å². The molecular weight excluding hydrogens is 240 g/mol. The Kier molecular flexibility index (Phi) is 5.03. The number of methoxy groups -OCH3 is 1. The van der Waals surface area contributed by atoms with Gasteiger partial charge in [-0.05, 0) is 29.5 Å². The Labute approximate surface area is 104 Å². The lowest BCUT2D eigenvalue weighted by Gasteiger charge is -2.06.